The van der Waals surface area contributed by atoms with E-state index in [0.717, 1.165) is 0 Å². The van der Waals surface area contributed by atoms with Gasteiger partial charge in [0.1, 0.15) is 171 Å². The van der Waals surface area contributed by atoms with Crippen molar-refractivity contribution in [3.63, 3.8) is 0 Å². The zero-order valence-corrected chi connectivity index (χ0v) is 53.7. The lowest BCUT2D eigenvalue weighted by Crippen LogP contribution is -2.69. The number of hydrogen-bond acceptors (Lipinski definition) is 35. The van der Waals surface area contributed by atoms with Crippen molar-refractivity contribution in [2.45, 2.75) is 215 Å². The van der Waals surface area contributed by atoms with Crippen LogP contribution in [0.3, 0.4) is 0 Å². The molecular formula is C56H98O35. The maximum atomic E-state index is 12.3. The molecule has 21 aliphatic heterocycles. The van der Waals surface area contributed by atoms with Crippen molar-refractivity contribution in [2.24, 2.45) is 0 Å². The van der Waals surface area contributed by atoms with E-state index in [1.807, 2.05) is 0 Å². The highest BCUT2D eigenvalue weighted by molar-refractivity contribution is 5.03. The van der Waals surface area contributed by atoms with Crippen molar-refractivity contribution < 1.29 is 168 Å². The van der Waals surface area contributed by atoms with Crippen molar-refractivity contribution in [1.29, 1.82) is 0 Å². The number of hydrogen-bond donors (Lipinski definition) is 7. The minimum absolute atomic E-state index is 0.227. The van der Waals surface area contributed by atoms with Gasteiger partial charge in [-0.05, 0) is 0 Å². The van der Waals surface area contributed by atoms with E-state index in [0.29, 0.717) is 0 Å². The van der Waals surface area contributed by atoms with Gasteiger partial charge in [0.25, 0.3) is 0 Å². The Balaban J connectivity index is 1.17. The number of aliphatic hydroxyl groups is 7. The van der Waals surface area contributed by atoms with E-state index in [1.54, 1.807) is 0 Å². The first-order chi connectivity index (χ1) is 43.9. The Morgan fingerprint density at radius 3 is 0.385 bits per heavy atom. The van der Waals surface area contributed by atoms with Crippen LogP contribution in [0.2, 0.25) is 0 Å². The molecule has 0 aliphatic carbocycles. The molecular weight excluding hydrogens is 1230 g/mol. The first kappa shape index (κ1) is 75.4. The van der Waals surface area contributed by atoms with E-state index < -0.39 is 215 Å². The minimum atomic E-state index is -1.62. The molecule has 0 aromatic rings. The van der Waals surface area contributed by atoms with Crippen molar-refractivity contribution >= 4 is 0 Å². The Bertz CT molecular complexity index is 1680. The summed E-state index contributed by atoms with van der Waals surface area (Å²) in [6.07, 6.45) is -49.4. The predicted molar refractivity (Wildman–Crippen MR) is 295 cm³/mol. The van der Waals surface area contributed by atoms with Crippen LogP contribution in [0.1, 0.15) is 0 Å². The van der Waals surface area contributed by atoms with E-state index >= 15 is 0 Å². The third-order valence-electron chi connectivity index (χ3n) is 17.6. The predicted octanol–water partition coefficient (Wildman–Crippen LogP) is -6.07. The lowest BCUT2D eigenvalue weighted by molar-refractivity contribution is -0.400. The number of methoxy groups -OCH3 is 14. The lowest BCUT2D eigenvalue weighted by Gasteiger charge is -2.51. The molecule has 14 bridgehead atoms. The lowest BCUT2D eigenvalue weighted by atomic mass is 9.95. The Labute approximate surface area is 528 Å². The molecule has 0 aromatic carbocycles. The van der Waals surface area contributed by atoms with Crippen molar-refractivity contribution in [3.8, 4) is 0 Å². The first-order valence-electron chi connectivity index (χ1n) is 30.0. The summed E-state index contributed by atoms with van der Waals surface area (Å²) in [7, 11) is 18.7. The Morgan fingerprint density at radius 2 is 0.297 bits per heavy atom. The van der Waals surface area contributed by atoms with Crippen molar-refractivity contribution in [3.05, 3.63) is 0 Å². The summed E-state index contributed by atoms with van der Waals surface area (Å²) in [6, 6.07) is 0. The summed E-state index contributed by atoms with van der Waals surface area (Å²) in [5.41, 5.74) is 0. The zero-order chi connectivity index (χ0) is 66.0. The SMILES string of the molecule is COC[C@H]1O[C@H]2O[C@H]3[C@H](O)[C@@H](OC)[C@@H](O[C@H]4[C@H](O)[C@@H](OC)[C@@H](O[C@H]5[C@H](O)[C@@H](OC)[C@@H](O[C@H]6[C@H](O)[C@@H](OC)[C@@H](O[C@H]7[C@H](O)[C@@H](OC)[C@@H](O[C@H]8[C@H](O)[C@@H](OC)[C@@H](O[C@H]1[C@H](O)[C@H]2OC)O[C@@H]8COC)O[C@@H]7COC)O[C@@H]6COC)O[C@@H]5COC)O[C@@H]4COC)O[C@@H]3COC. The van der Waals surface area contributed by atoms with Crippen LogP contribution < -0.4 is 0 Å². The maximum absolute atomic E-state index is 12.3. The van der Waals surface area contributed by atoms with Crippen LogP contribution in [0.15, 0.2) is 0 Å². The molecule has 7 N–H and O–H groups in total. The van der Waals surface area contributed by atoms with E-state index in [2.05, 4.69) is 0 Å². The minimum Gasteiger partial charge on any atom is -0.387 e. The van der Waals surface area contributed by atoms with Crippen molar-refractivity contribution in [2.75, 3.05) is 146 Å². The molecule has 0 amide bonds. The number of rotatable bonds is 21. The first-order valence-corrected chi connectivity index (χ1v) is 30.0. The third kappa shape index (κ3) is 16.3. The van der Waals surface area contributed by atoms with Crippen LogP contribution in [0.4, 0.5) is 0 Å². The van der Waals surface area contributed by atoms with Crippen LogP contribution >= 0.6 is 0 Å². The van der Waals surface area contributed by atoms with Gasteiger partial charge in [-0.15, -0.1) is 0 Å². The van der Waals surface area contributed by atoms with Gasteiger partial charge in [-0.1, -0.05) is 0 Å². The second-order valence-corrected chi connectivity index (χ2v) is 23.0. The summed E-state index contributed by atoms with van der Waals surface area (Å²) in [5.74, 6) is 0. The summed E-state index contributed by atoms with van der Waals surface area (Å²) >= 11 is 0. The highest BCUT2D eigenvalue weighted by Crippen LogP contribution is 2.41. The molecule has 532 valence electrons. The van der Waals surface area contributed by atoms with Crippen LogP contribution in [0.5, 0.6) is 0 Å². The van der Waals surface area contributed by atoms with E-state index in [9.17, 15) is 35.7 Å². The molecule has 21 heterocycles. The molecule has 21 aliphatic rings. The normalized spacial score (nSPS) is 48.7. The van der Waals surface area contributed by atoms with Gasteiger partial charge in [-0.2, -0.15) is 0 Å². The van der Waals surface area contributed by atoms with Gasteiger partial charge < -0.3 is 168 Å². The Kier molecular flexibility index (Phi) is 29.3. The van der Waals surface area contributed by atoms with Crippen LogP contribution in [-0.4, -0.2) is 396 Å². The average molecular weight is 1330 g/mol. The Hall–Kier alpha value is -1.40. The molecule has 0 radical (unpaired) electrons. The average Bonchev–Trinajstić information content (AvgIpc) is 0.810. The number of ether oxygens (including phenoxy) is 28. The van der Waals surface area contributed by atoms with Gasteiger partial charge in [0.05, 0.1) is 46.2 Å². The molecule has 21 saturated heterocycles. The summed E-state index contributed by atoms with van der Waals surface area (Å²) in [6.45, 7) is -1.59. The fourth-order valence-corrected chi connectivity index (χ4v) is 13.1. The van der Waals surface area contributed by atoms with Gasteiger partial charge >= 0.3 is 0 Å². The summed E-state index contributed by atoms with van der Waals surface area (Å²) in [5, 5.41) is 86.2. The smallest absolute Gasteiger partial charge is 0.187 e. The third-order valence-corrected chi connectivity index (χ3v) is 17.6. The quantitative estimate of drug-likeness (QED) is 0.0562. The monoisotopic (exact) mass is 1330 g/mol. The fourth-order valence-electron chi connectivity index (χ4n) is 13.1. The molecule has 35 nitrogen and oxygen atoms in total. The maximum Gasteiger partial charge on any atom is 0.187 e. The molecule has 21 fully saturated rings. The van der Waals surface area contributed by atoms with Crippen LogP contribution in [0.25, 0.3) is 0 Å². The molecule has 91 heavy (non-hydrogen) atoms. The van der Waals surface area contributed by atoms with Crippen LogP contribution in [-0.2, 0) is 133 Å². The van der Waals surface area contributed by atoms with Gasteiger partial charge in [0.2, 0.25) is 0 Å². The second kappa shape index (κ2) is 35.4. The second-order valence-electron chi connectivity index (χ2n) is 23.0. The van der Waals surface area contributed by atoms with Gasteiger partial charge in [0, 0.05) is 99.5 Å². The highest BCUT2D eigenvalue weighted by Gasteiger charge is 2.61. The van der Waals surface area contributed by atoms with E-state index in [-0.39, 0.29) is 46.2 Å². The molecule has 21 rings (SSSR count). The number of aliphatic hydroxyl groups excluding tert-OH is 7. The molecule has 0 spiro atoms. The van der Waals surface area contributed by atoms with Gasteiger partial charge in [-0.3, -0.25) is 0 Å². The molecule has 0 unspecified atom stereocenters. The topological polar surface area (TPSA) is 400 Å². The molecule has 35 atom stereocenters. The standard InChI is InChI=1S/C56H98O35/c1-64-15-22-36-29(57)43(71-8)50(78-22)86-37-23(16-65-2)80-52(45(73-10)30(37)58)88-39-25(18-67-4)82-54(47(75-12)32(39)60)90-41-27(20-69-6)84-56(49(77-14)34(41)62)91-42-28(21-70-7)83-55(48(76-13)35(42)63)89-40-26(19-68-5)81-53(46(74-11)33(40)61)87-38-24(17-66-3)79-51(85-36)44(72-9)31(38)59/h22-63H,15-21H2,1-14H3/t22-,23-,24-,25-,26-,27-,28-,29+,30+,31+,32+,33+,34+,35+,36-,37-,38-,39-,40-,41-,42-,43-,44-,45-,46-,47-,48-,49-,50-,51-,52-,53-,54-,55-,56+/m1/s1. The Morgan fingerprint density at radius 1 is 0.187 bits per heavy atom. The van der Waals surface area contributed by atoms with Gasteiger partial charge in [0.15, 0.2) is 44.0 Å². The molecule has 35 heteroatoms. The van der Waals surface area contributed by atoms with Crippen LogP contribution in [0, 0.1) is 0 Å². The largest absolute Gasteiger partial charge is 0.387 e. The fraction of sp³-hybridized carbons (Fsp3) is 1.00. The van der Waals surface area contributed by atoms with E-state index in [1.165, 1.54) is 99.5 Å². The van der Waals surface area contributed by atoms with Gasteiger partial charge in [-0.25, -0.2) is 0 Å². The molecule has 0 aromatic heterocycles. The van der Waals surface area contributed by atoms with Crippen molar-refractivity contribution in [1.82, 2.24) is 0 Å². The zero-order valence-electron chi connectivity index (χ0n) is 53.7. The van der Waals surface area contributed by atoms with E-state index in [4.69, 9.17) is 133 Å². The summed E-state index contributed by atoms with van der Waals surface area (Å²) < 4.78 is 171. The highest BCUT2D eigenvalue weighted by atomic mass is 16.8. The summed E-state index contributed by atoms with van der Waals surface area (Å²) in [4.78, 5) is 0. The molecule has 0 saturated carbocycles.